The Morgan fingerprint density at radius 3 is 2.89 bits per heavy atom. The van der Waals surface area contributed by atoms with Crippen molar-refractivity contribution in [3.63, 3.8) is 0 Å². The van der Waals surface area contributed by atoms with Gasteiger partial charge in [0, 0.05) is 19.1 Å². The molecule has 3 rings (SSSR count). The molecule has 0 amide bonds. The monoisotopic (exact) mass is 248 g/mol. The molecule has 0 N–H and O–H groups in total. The molecule has 2 saturated heterocycles. The summed E-state index contributed by atoms with van der Waals surface area (Å²) in [4.78, 5) is 5.51. The van der Waals surface area contributed by atoms with E-state index in [9.17, 15) is 0 Å². The highest BCUT2D eigenvalue weighted by Crippen LogP contribution is 2.23. The highest BCUT2D eigenvalue weighted by Gasteiger charge is 2.26. The van der Waals surface area contributed by atoms with Crippen LogP contribution in [0, 0.1) is 0 Å². The van der Waals surface area contributed by atoms with Crippen molar-refractivity contribution in [1.82, 2.24) is 9.80 Å². The summed E-state index contributed by atoms with van der Waals surface area (Å²) in [5, 5.41) is 0. The van der Waals surface area contributed by atoms with Gasteiger partial charge in [0.25, 0.3) is 0 Å². The minimum atomic E-state index is 0.874. The van der Waals surface area contributed by atoms with Gasteiger partial charge >= 0.3 is 0 Å². The van der Waals surface area contributed by atoms with Crippen molar-refractivity contribution in [2.24, 2.45) is 0 Å². The second-order valence-corrected chi connectivity index (χ2v) is 6.34. The fraction of sp³-hybridized carbons (Fsp3) is 0.875. The van der Waals surface area contributed by atoms with Crippen LogP contribution in [-0.2, 0) is 0 Å². The predicted octanol–water partition coefficient (Wildman–Crippen LogP) is 3.05. The maximum Gasteiger partial charge on any atom is 0.0223 e. The third-order valence-electron chi connectivity index (χ3n) is 5.02. The van der Waals surface area contributed by atoms with Gasteiger partial charge in [0.1, 0.15) is 0 Å². The molecule has 2 fully saturated rings. The Labute approximate surface area is 112 Å². The predicted molar refractivity (Wildman–Crippen MR) is 76.8 cm³/mol. The Morgan fingerprint density at radius 2 is 2.00 bits per heavy atom. The summed E-state index contributed by atoms with van der Waals surface area (Å²) in [6.45, 7) is 6.71. The first-order chi connectivity index (χ1) is 8.92. The van der Waals surface area contributed by atoms with E-state index in [2.05, 4.69) is 15.9 Å². The molecule has 0 radical (unpaired) electrons. The van der Waals surface area contributed by atoms with Crippen molar-refractivity contribution in [3.8, 4) is 0 Å². The molecule has 2 heteroatoms. The van der Waals surface area contributed by atoms with Gasteiger partial charge in [0.2, 0.25) is 0 Å². The topological polar surface area (TPSA) is 6.48 Å². The van der Waals surface area contributed by atoms with Crippen LogP contribution in [0.4, 0.5) is 0 Å². The van der Waals surface area contributed by atoms with E-state index in [0.717, 1.165) is 6.04 Å². The molecule has 1 atom stereocenters. The lowest BCUT2D eigenvalue weighted by Crippen LogP contribution is -2.44. The lowest BCUT2D eigenvalue weighted by molar-refractivity contribution is 0.137. The number of hydrogen-bond acceptors (Lipinski definition) is 2. The summed E-state index contributed by atoms with van der Waals surface area (Å²) < 4.78 is 0. The molecular weight excluding hydrogens is 220 g/mol. The van der Waals surface area contributed by atoms with Gasteiger partial charge in [-0.15, -0.1) is 0 Å². The number of nitrogens with zero attached hydrogens (tertiary/aromatic N) is 2. The fourth-order valence-electron chi connectivity index (χ4n) is 3.92. The van der Waals surface area contributed by atoms with E-state index < -0.39 is 0 Å². The number of fused-ring (bicyclic) bond motifs is 1. The highest BCUT2D eigenvalue weighted by atomic mass is 15.2. The Hall–Kier alpha value is -0.340. The molecule has 2 aliphatic heterocycles. The van der Waals surface area contributed by atoms with E-state index in [1.807, 2.05) is 0 Å². The van der Waals surface area contributed by atoms with Crippen LogP contribution < -0.4 is 0 Å². The maximum absolute atomic E-state index is 2.76. The molecule has 102 valence electrons. The number of piperidine rings is 1. The second-order valence-electron chi connectivity index (χ2n) is 6.34. The first kappa shape index (κ1) is 12.7. The van der Waals surface area contributed by atoms with Gasteiger partial charge < -0.3 is 4.90 Å². The third kappa shape index (κ3) is 3.16. The van der Waals surface area contributed by atoms with Crippen molar-refractivity contribution in [3.05, 3.63) is 11.6 Å². The number of hydrogen-bond donors (Lipinski definition) is 0. The van der Waals surface area contributed by atoms with Crippen molar-refractivity contribution < 1.29 is 0 Å². The van der Waals surface area contributed by atoms with Gasteiger partial charge in [-0.3, -0.25) is 4.90 Å². The quantitative estimate of drug-likeness (QED) is 0.708. The molecule has 1 aliphatic carbocycles. The van der Waals surface area contributed by atoms with E-state index >= 15 is 0 Å². The summed E-state index contributed by atoms with van der Waals surface area (Å²) in [5.41, 5.74) is 1.74. The minimum Gasteiger partial charge on any atom is -0.301 e. The summed E-state index contributed by atoms with van der Waals surface area (Å²) in [5.74, 6) is 0. The Balaban J connectivity index is 1.49. The normalized spacial score (nSPS) is 30.9. The first-order valence-corrected chi connectivity index (χ1v) is 8.06. The smallest absolute Gasteiger partial charge is 0.0223 e. The van der Waals surface area contributed by atoms with Crippen molar-refractivity contribution in [1.29, 1.82) is 0 Å². The van der Waals surface area contributed by atoms with E-state index in [0.29, 0.717) is 0 Å². The van der Waals surface area contributed by atoms with Crippen LogP contribution in [0.3, 0.4) is 0 Å². The molecule has 0 aromatic rings. The average Bonchev–Trinajstić information content (AvgIpc) is 2.82. The molecule has 0 aromatic carbocycles. The zero-order chi connectivity index (χ0) is 12.2. The van der Waals surface area contributed by atoms with Gasteiger partial charge in [0.05, 0.1) is 0 Å². The van der Waals surface area contributed by atoms with Gasteiger partial charge in [-0.2, -0.15) is 0 Å². The first-order valence-electron chi connectivity index (χ1n) is 8.06. The molecule has 2 heterocycles. The average molecular weight is 248 g/mol. The highest BCUT2D eigenvalue weighted by molar-refractivity contribution is 5.07. The standard InChI is InChI=1S/C16H28N2/c1-2-7-15(6-1)9-13-17-10-5-12-18-11-4-3-8-16(18)14-17/h6,16H,1-5,7-14H2. The van der Waals surface area contributed by atoms with E-state index in [1.165, 1.54) is 84.1 Å². The zero-order valence-electron chi connectivity index (χ0n) is 11.7. The molecule has 0 saturated carbocycles. The molecule has 0 aromatic heterocycles. The fourth-order valence-corrected chi connectivity index (χ4v) is 3.92. The number of allylic oxidation sites excluding steroid dienone is 1. The van der Waals surface area contributed by atoms with Gasteiger partial charge in [-0.25, -0.2) is 0 Å². The minimum absolute atomic E-state index is 0.874. The molecule has 18 heavy (non-hydrogen) atoms. The van der Waals surface area contributed by atoms with E-state index in [1.54, 1.807) is 5.57 Å². The second kappa shape index (κ2) is 6.21. The molecule has 2 nitrogen and oxygen atoms in total. The molecular formula is C16H28N2. The summed E-state index contributed by atoms with van der Waals surface area (Å²) >= 11 is 0. The van der Waals surface area contributed by atoms with Crippen LogP contribution in [0.1, 0.15) is 51.4 Å². The maximum atomic E-state index is 2.76. The number of rotatable bonds is 3. The summed E-state index contributed by atoms with van der Waals surface area (Å²) in [7, 11) is 0. The molecule has 0 bridgehead atoms. The Kier molecular flexibility index (Phi) is 4.37. The van der Waals surface area contributed by atoms with Gasteiger partial charge in [0.15, 0.2) is 0 Å². The van der Waals surface area contributed by atoms with E-state index in [4.69, 9.17) is 0 Å². The SMILES string of the molecule is C1=C(CCN2CCCN3CCCCC3C2)CCC1. The van der Waals surface area contributed by atoms with Crippen LogP contribution in [0.2, 0.25) is 0 Å². The molecule has 1 unspecified atom stereocenters. The Bertz CT molecular complexity index is 297. The van der Waals surface area contributed by atoms with Crippen LogP contribution in [-0.4, -0.2) is 48.6 Å². The third-order valence-corrected chi connectivity index (χ3v) is 5.02. The summed E-state index contributed by atoms with van der Waals surface area (Å²) in [6.07, 6.45) is 13.7. The van der Waals surface area contributed by atoms with E-state index in [-0.39, 0.29) is 0 Å². The summed E-state index contributed by atoms with van der Waals surface area (Å²) in [6, 6.07) is 0.874. The van der Waals surface area contributed by atoms with Gasteiger partial charge in [-0.1, -0.05) is 18.1 Å². The van der Waals surface area contributed by atoms with Crippen molar-refractivity contribution in [2.75, 3.05) is 32.7 Å². The molecule has 3 aliphatic rings. The lowest BCUT2D eigenvalue weighted by Gasteiger charge is -2.35. The molecule has 0 spiro atoms. The largest absolute Gasteiger partial charge is 0.301 e. The van der Waals surface area contributed by atoms with Gasteiger partial charge in [-0.05, 0) is 64.6 Å². The Morgan fingerprint density at radius 1 is 1.06 bits per heavy atom. The van der Waals surface area contributed by atoms with Crippen molar-refractivity contribution >= 4 is 0 Å². The van der Waals surface area contributed by atoms with Crippen LogP contribution in [0.15, 0.2) is 11.6 Å². The van der Waals surface area contributed by atoms with Crippen LogP contribution in [0.25, 0.3) is 0 Å². The van der Waals surface area contributed by atoms with Crippen LogP contribution >= 0.6 is 0 Å². The van der Waals surface area contributed by atoms with Crippen molar-refractivity contribution in [2.45, 2.75) is 57.4 Å². The van der Waals surface area contributed by atoms with Crippen LogP contribution in [0.5, 0.6) is 0 Å². The zero-order valence-corrected chi connectivity index (χ0v) is 11.7. The lowest BCUT2D eigenvalue weighted by atomic mass is 10.0.